The molecule has 1 saturated carbocycles. The van der Waals surface area contributed by atoms with Gasteiger partial charge in [-0.1, -0.05) is 6.42 Å². The van der Waals surface area contributed by atoms with E-state index in [1.165, 1.54) is 32.2 Å². The van der Waals surface area contributed by atoms with E-state index in [9.17, 15) is 4.79 Å². The number of rotatable bonds is 4. The minimum Gasteiger partial charge on any atom is -0.444 e. The summed E-state index contributed by atoms with van der Waals surface area (Å²) in [4.78, 5) is 14.0. The fraction of sp³-hybridized carbons (Fsp3) is 0.944. The Morgan fingerprint density at radius 3 is 2.57 bits per heavy atom. The highest BCUT2D eigenvalue weighted by Crippen LogP contribution is 2.46. The molecule has 0 aromatic heterocycles. The second-order valence-corrected chi connectivity index (χ2v) is 8.69. The van der Waals surface area contributed by atoms with Gasteiger partial charge >= 0.3 is 6.09 Å². The molecular formula is C18H33N3O2. The van der Waals surface area contributed by atoms with Crippen LogP contribution < -0.4 is 10.6 Å². The van der Waals surface area contributed by atoms with Gasteiger partial charge < -0.3 is 20.3 Å². The van der Waals surface area contributed by atoms with Gasteiger partial charge in [0.15, 0.2) is 0 Å². The molecule has 3 rings (SSSR count). The summed E-state index contributed by atoms with van der Waals surface area (Å²) >= 11 is 0. The van der Waals surface area contributed by atoms with E-state index in [0.717, 1.165) is 13.1 Å². The average Bonchev–Trinajstić information content (AvgIpc) is 2.91. The zero-order valence-corrected chi connectivity index (χ0v) is 15.1. The maximum absolute atomic E-state index is 12.1. The van der Waals surface area contributed by atoms with Gasteiger partial charge in [0.25, 0.3) is 0 Å². The van der Waals surface area contributed by atoms with Gasteiger partial charge in [-0.25, -0.2) is 4.79 Å². The number of ether oxygens (including phenoxy) is 1. The summed E-state index contributed by atoms with van der Waals surface area (Å²) in [6, 6.07) is 1.84. The summed E-state index contributed by atoms with van der Waals surface area (Å²) in [5, 5.41) is 7.42. The van der Waals surface area contributed by atoms with Crippen LogP contribution in [0.3, 0.4) is 0 Å². The third-order valence-corrected chi connectivity index (χ3v) is 5.37. The van der Waals surface area contributed by atoms with E-state index in [4.69, 9.17) is 4.74 Å². The van der Waals surface area contributed by atoms with Gasteiger partial charge in [0.1, 0.15) is 5.60 Å². The van der Waals surface area contributed by atoms with Crippen molar-refractivity contribution in [2.24, 2.45) is 11.8 Å². The number of fused-ring (bicyclic) bond motifs is 1. The Labute approximate surface area is 140 Å². The number of amides is 1. The smallest absolute Gasteiger partial charge is 0.410 e. The minimum atomic E-state index is -0.400. The molecule has 3 aliphatic rings. The Morgan fingerprint density at radius 1 is 1.30 bits per heavy atom. The Kier molecular flexibility index (Phi) is 4.88. The second kappa shape index (κ2) is 6.60. The normalized spacial score (nSPS) is 34.9. The van der Waals surface area contributed by atoms with Crippen molar-refractivity contribution in [3.05, 3.63) is 0 Å². The van der Waals surface area contributed by atoms with E-state index < -0.39 is 5.60 Å². The molecule has 0 aromatic rings. The van der Waals surface area contributed by atoms with E-state index in [1.807, 2.05) is 25.7 Å². The van der Waals surface area contributed by atoms with Crippen LogP contribution in [0.5, 0.6) is 0 Å². The third-order valence-electron chi connectivity index (χ3n) is 5.37. The van der Waals surface area contributed by atoms with Gasteiger partial charge in [-0.3, -0.25) is 0 Å². The molecule has 4 atom stereocenters. The van der Waals surface area contributed by atoms with E-state index in [-0.39, 0.29) is 6.09 Å². The molecule has 0 radical (unpaired) electrons. The molecule has 5 nitrogen and oxygen atoms in total. The zero-order valence-electron chi connectivity index (χ0n) is 15.1. The molecule has 23 heavy (non-hydrogen) atoms. The van der Waals surface area contributed by atoms with Crippen LogP contribution in [0, 0.1) is 11.8 Å². The quantitative estimate of drug-likeness (QED) is 0.834. The molecular weight excluding hydrogens is 290 g/mol. The van der Waals surface area contributed by atoms with Gasteiger partial charge in [-0.05, 0) is 65.3 Å². The van der Waals surface area contributed by atoms with E-state index in [2.05, 4.69) is 17.6 Å². The van der Waals surface area contributed by atoms with E-state index in [0.29, 0.717) is 30.0 Å². The zero-order chi connectivity index (χ0) is 16.6. The maximum Gasteiger partial charge on any atom is 0.410 e. The molecule has 0 aromatic carbocycles. The Bertz CT molecular complexity index is 416. The van der Waals surface area contributed by atoms with Crippen LogP contribution in [-0.4, -0.2) is 54.4 Å². The number of carbonyl (C=O) groups is 1. The van der Waals surface area contributed by atoms with Crippen molar-refractivity contribution in [1.29, 1.82) is 0 Å². The fourth-order valence-electron chi connectivity index (χ4n) is 4.20. The molecule has 2 saturated heterocycles. The molecule has 2 N–H and O–H groups in total. The summed E-state index contributed by atoms with van der Waals surface area (Å²) in [6.45, 7) is 11.0. The third kappa shape index (κ3) is 4.38. The van der Waals surface area contributed by atoms with Gasteiger partial charge in [0.05, 0.1) is 0 Å². The highest BCUT2D eigenvalue weighted by molar-refractivity contribution is 5.69. The Balaban J connectivity index is 1.37. The first-order chi connectivity index (χ1) is 10.8. The monoisotopic (exact) mass is 323 g/mol. The fourth-order valence-corrected chi connectivity index (χ4v) is 4.20. The van der Waals surface area contributed by atoms with Crippen molar-refractivity contribution in [2.75, 3.05) is 19.6 Å². The predicted molar refractivity (Wildman–Crippen MR) is 91.4 cm³/mol. The van der Waals surface area contributed by atoms with Gasteiger partial charge in [-0.15, -0.1) is 0 Å². The van der Waals surface area contributed by atoms with Crippen LogP contribution in [0.2, 0.25) is 0 Å². The number of likely N-dealkylation sites (tertiary alicyclic amines) is 1. The summed E-state index contributed by atoms with van der Waals surface area (Å²) in [6.07, 6.45) is 5.07. The maximum atomic E-state index is 12.1. The van der Waals surface area contributed by atoms with Crippen LogP contribution in [0.1, 0.15) is 53.4 Å². The lowest BCUT2D eigenvalue weighted by Crippen LogP contribution is -2.43. The van der Waals surface area contributed by atoms with E-state index in [1.54, 1.807) is 0 Å². The standard InChI is InChI=1S/C18H33N3O2/c1-12(9-13-7-5-6-8-19-13)20-16-14-10-21(11-15(14)16)17(22)23-18(2,3)4/h12-16,19-20H,5-11H2,1-4H3. The molecule has 132 valence electrons. The van der Waals surface area contributed by atoms with Crippen molar-refractivity contribution in [1.82, 2.24) is 15.5 Å². The predicted octanol–water partition coefficient (Wildman–Crippen LogP) is 2.36. The molecule has 0 bridgehead atoms. The summed E-state index contributed by atoms with van der Waals surface area (Å²) in [5.74, 6) is 1.26. The van der Waals surface area contributed by atoms with Gasteiger partial charge in [0, 0.05) is 31.2 Å². The first-order valence-electron chi connectivity index (χ1n) is 9.31. The lowest BCUT2D eigenvalue weighted by atomic mass is 9.99. The topological polar surface area (TPSA) is 53.6 Å². The number of piperidine rings is 2. The number of carbonyl (C=O) groups excluding carboxylic acids is 1. The van der Waals surface area contributed by atoms with Crippen LogP contribution >= 0.6 is 0 Å². The Morgan fingerprint density at radius 2 is 2.00 bits per heavy atom. The number of nitrogens with zero attached hydrogens (tertiary/aromatic N) is 1. The molecule has 4 unspecified atom stereocenters. The lowest BCUT2D eigenvalue weighted by Gasteiger charge is -2.28. The van der Waals surface area contributed by atoms with Crippen LogP contribution in [-0.2, 0) is 4.74 Å². The van der Waals surface area contributed by atoms with Gasteiger partial charge in [-0.2, -0.15) is 0 Å². The van der Waals surface area contributed by atoms with Crippen LogP contribution in [0.4, 0.5) is 4.79 Å². The highest BCUT2D eigenvalue weighted by Gasteiger charge is 2.57. The summed E-state index contributed by atoms with van der Waals surface area (Å²) < 4.78 is 5.47. The van der Waals surface area contributed by atoms with Crippen molar-refractivity contribution >= 4 is 6.09 Å². The SMILES string of the molecule is CC(CC1CCCCN1)NC1C2CN(C(=O)OC(C)(C)C)CC21. The van der Waals surface area contributed by atoms with E-state index >= 15 is 0 Å². The summed E-state index contributed by atoms with van der Waals surface area (Å²) in [5.41, 5.74) is -0.400. The van der Waals surface area contributed by atoms with Crippen molar-refractivity contribution in [2.45, 2.75) is 77.1 Å². The lowest BCUT2D eigenvalue weighted by molar-refractivity contribution is 0.0268. The second-order valence-electron chi connectivity index (χ2n) is 8.69. The number of nitrogens with one attached hydrogen (secondary N) is 2. The van der Waals surface area contributed by atoms with Crippen LogP contribution in [0.25, 0.3) is 0 Å². The van der Waals surface area contributed by atoms with Crippen molar-refractivity contribution in [3.63, 3.8) is 0 Å². The number of hydrogen-bond acceptors (Lipinski definition) is 4. The first-order valence-corrected chi connectivity index (χ1v) is 9.31. The molecule has 3 fully saturated rings. The van der Waals surface area contributed by atoms with Crippen molar-refractivity contribution < 1.29 is 9.53 Å². The first kappa shape index (κ1) is 17.0. The molecule has 1 aliphatic carbocycles. The summed E-state index contributed by atoms with van der Waals surface area (Å²) in [7, 11) is 0. The minimum absolute atomic E-state index is 0.150. The van der Waals surface area contributed by atoms with Gasteiger partial charge in [0.2, 0.25) is 0 Å². The average molecular weight is 323 g/mol. The largest absolute Gasteiger partial charge is 0.444 e. The molecule has 2 aliphatic heterocycles. The molecule has 5 heteroatoms. The molecule has 1 amide bonds. The van der Waals surface area contributed by atoms with Crippen molar-refractivity contribution in [3.8, 4) is 0 Å². The Hall–Kier alpha value is -0.810. The van der Waals surface area contributed by atoms with Crippen LogP contribution in [0.15, 0.2) is 0 Å². The number of hydrogen-bond donors (Lipinski definition) is 2. The molecule has 2 heterocycles. The highest BCUT2D eigenvalue weighted by atomic mass is 16.6. The molecule has 0 spiro atoms.